The fourth-order valence-corrected chi connectivity index (χ4v) is 2.46. The first-order valence-corrected chi connectivity index (χ1v) is 7.26. The van der Waals surface area contributed by atoms with Crippen molar-refractivity contribution in [2.24, 2.45) is 33.1 Å². The average Bonchev–Trinajstić information content (AvgIpc) is 2.44. The van der Waals surface area contributed by atoms with Crippen molar-refractivity contribution < 1.29 is 4.79 Å². The molecular weight excluding hydrogens is 280 g/mol. The SMILES string of the molecule is CC(C)C(=O)N1CCCc2ccc(N=C(N)N=C(N)N)cc21. The van der Waals surface area contributed by atoms with Gasteiger partial charge in [-0.15, -0.1) is 0 Å². The minimum absolute atomic E-state index is 0.0162. The molecule has 22 heavy (non-hydrogen) atoms. The van der Waals surface area contributed by atoms with Crippen molar-refractivity contribution in [2.45, 2.75) is 26.7 Å². The van der Waals surface area contributed by atoms with E-state index in [1.165, 1.54) is 0 Å². The summed E-state index contributed by atoms with van der Waals surface area (Å²) in [6.07, 6.45) is 1.91. The number of hydrogen-bond donors (Lipinski definition) is 3. The lowest BCUT2D eigenvalue weighted by Crippen LogP contribution is -2.38. The van der Waals surface area contributed by atoms with Crippen LogP contribution in [-0.4, -0.2) is 24.4 Å². The Morgan fingerprint density at radius 1 is 1.27 bits per heavy atom. The number of nitrogens with two attached hydrogens (primary N) is 3. The van der Waals surface area contributed by atoms with Crippen LogP contribution in [0.4, 0.5) is 11.4 Å². The van der Waals surface area contributed by atoms with Gasteiger partial charge in [-0.25, -0.2) is 4.99 Å². The summed E-state index contributed by atoms with van der Waals surface area (Å²) < 4.78 is 0. The van der Waals surface area contributed by atoms with Gasteiger partial charge in [0.1, 0.15) is 0 Å². The van der Waals surface area contributed by atoms with Gasteiger partial charge < -0.3 is 22.1 Å². The minimum Gasteiger partial charge on any atom is -0.370 e. The van der Waals surface area contributed by atoms with Crippen molar-refractivity contribution in [3.05, 3.63) is 23.8 Å². The molecule has 0 aliphatic carbocycles. The van der Waals surface area contributed by atoms with Gasteiger partial charge in [0, 0.05) is 18.2 Å². The molecule has 6 N–H and O–H groups in total. The maximum absolute atomic E-state index is 12.4. The van der Waals surface area contributed by atoms with Gasteiger partial charge in [-0.05, 0) is 30.5 Å². The first-order chi connectivity index (χ1) is 10.4. The summed E-state index contributed by atoms with van der Waals surface area (Å²) >= 11 is 0. The third kappa shape index (κ3) is 3.55. The zero-order chi connectivity index (χ0) is 16.3. The highest BCUT2D eigenvalue weighted by atomic mass is 16.2. The van der Waals surface area contributed by atoms with Crippen LogP contribution in [0.15, 0.2) is 28.2 Å². The number of guanidine groups is 2. The minimum atomic E-state index is -0.143. The summed E-state index contributed by atoms with van der Waals surface area (Å²) in [6.45, 7) is 4.52. The number of aryl methyl sites for hydroxylation is 1. The second kappa shape index (κ2) is 6.46. The van der Waals surface area contributed by atoms with Gasteiger partial charge in [-0.3, -0.25) is 4.79 Å². The normalized spacial score (nSPS) is 14.7. The molecule has 0 fully saturated rings. The molecule has 1 aliphatic heterocycles. The molecule has 118 valence electrons. The van der Waals surface area contributed by atoms with Gasteiger partial charge in [-0.1, -0.05) is 19.9 Å². The van der Waals surface area contributed by atoms with Crippen LogP contribution < -0.4 is 22.1 Å². The van der Waals surface area contributed by atoms with Gasteiger partial charge >= 0.3 is 0 Å². The number of nitrogens with zero attached hydrogens (tertiary/aromatic N) is 3. The predicted molar refractivity (Wildman–Crippen MR) is 89.0 cm³/mol. The van der Waals surface area contributed by atoms with Crippen LogP contribution in [0.25, 0.3) is 0 Å². The van der Waals surface area contributed by atoms with Crippen LogP contribution in [0.2, 0.25) is 0 Å². The van der Waals surface area contributed by atoms with Crippen LogP contribution in [0, 0.1) is 5.92 Å². The standard InChI is InChI=1S/C15H22N6O/c1-9(2)13(22)21-7-3-4-10-5-6-11(8-12(10)21)19-15(18)20-14(16)17/h5-6,8-9H,3-4,7H2,1-2H3,(H6,16,17,18,19,20). The zero-order valence-corrected chi connectivity index (χ0v) is 12.9. The first-order valence-electron chi connectivity index (χ1n) is 7.26. The van der Waals surface area contributed by atoms with E-state index in [0.717, 1.165) is 30.6 Å². The quantitative estimate of drug-likeness (QED) is 0.553. The molecule has 2 rings (SSSR count). The molecule has 0 spiro atoms. The Morgan fingerprint density at radius 2 is 2.00 bits per heavy atom. The van der Waals surface area contributed by atoms with Gasteiger partial charge in [0.15, 0.2) is 5.96 Å². The summed E-state index contributed by atoms with van der Waals surface area (Å²) in [4.78, 5) is 22.0. The molecule has 0 aromatic heterocycles. The smallest absolute Gasteiger partial charge is 0.229 e. The topological polar surface area (TPSA) is 123 Å². The Labute approximate surface area is 129 Å². The number of aliphatic imine (C=N–C) groups is 2. The van der Waals surface area contributed by atoms with E-state index < -0.39 is 0 Å². The lowest BCUT2D eigenvalue weighted by molar-refractivity contribution is -0.121. The highest BCUT2D eigenvalue weighted by molar-refractivity contribution is 5.97. The Balaban J connectivity index is 2.38. The van der Waals surface area contributed by atoms with E-state index in [0.29, 0.717) is 5.69 Å². The summed E-state index contributed by atoms with van der Waals surface area (Å²) in [7, 11) is 0. The maximum atomic E-state index is 12.4. The lowest BCUT2D eigenvalue weighted by Gasteiger charge is -2.31. The average molecular weight is 302 g/mol. The van der Waals surface area contributed by atoms with E-state index in [2.05, 4.69) is 9.98 Å². The van der Waals surface area contributed by atoms with Crippen molar-refractivity contribution in [1.29, 1.82) is 0 Å². The third-order valence-electron chi connectivity index (χ3n) is 3.43. The van der Waals surface area contributed by atoms with Crippen LogP contribution in [-0.2, 0) is 11.2 Å². The summed E-state index contributed by atoms with van der Waals surface area (Å²) in [5.41, 5.74) is 18.8. The van der Waals surface area contributed by atoms with Gasteiger partial charge in [0.2, 0.25) is 11.9 Å². The number of hydrogen-bond acceptors (Lipinski definition) is 2. The van der Waals surface area contributed by atoms with Crippen LogP contribution in [0.1, 0.15) is 25.8 Å². The third-order valence-corrected chi connectivity index (χ3v) is 3.43. The summed E-state index contributed by atoms with van der Waals surface area (Å²) in [6, 6.07) is 5.66. The number of rotatable bonds is 2. The maximum Gasteiger partial charge on any atom is 0.229 e. The van der Waals surface area contributed by atoms with Crippen LogP contribution in [0.3, 0.4) is 0 Å². The van der Waals surface area contributed by atoms with E-state index in [-0.39, 0.29) is 23.7 Å². The number of carbonyl (C=O) groups excluding carboxylic acids is 1. The lowest BCUT2D eigenvalue weighted by atomic mass is 9.99. The molecular formula is C15H22N6O. The number of carbonyl (C=O) groups is 1. The molecule has 0 saturated heterocycles. The fourth-order valence-electron chi connectivity index (χ4n) is 2.46. The van der Waals surface area contributed by atoms with Gasteiger partial charge in [-0.2, -0.15) is 4.99 Å². The number of anilines is 1. The van der Waals surface area contributed by atoms with E-state index >= 15 is 0 Å². The highest BCUT2D eigenvalue weighted by Gasteiger charge is 2.24. The number of amides is 1. The second-order valence-corrected chi connectivity index (χ2v) is 5.57. The number of fused-ring (bicyclic) bond motifs is 1. The fraction of sp³-hybridized carbons (Fsp3) is 0.400. The van der Waals surface area contributed by atoms with Gasteiger partial charge in [0.25, 0.3) is 0 Å². The van der Waals surface area contributed by atoms with E-state index in [9.17, 15) is 4.79 Å². The highest BCUT2D eigenvalue weighted by Crippen LogP contribution is 2.32. The second-order valence-electron chi connectivity index (χ2n) is 5.57. The Hall–Kier alpha value is -2.57. The van der Waals surface area contributed by atoms with Crippen molar-refractivity contribution in [2.75, 3.05) is 11.4 Å². The monoisotopic (exact) mass is 302 g/mol. The molecule has 1 aromatic carbocycles. The van der Waals surface area contributed by atoms with E-state index in [1.807, 2.05) is 36.9 Å². The molecule has 0 atom stereocenters. The summed E-state index contributed by atoms with van der Waals surface area (Å²) in [5, 5.41) is 0. The summed E-state index contributed by atoms with van der Waals surface area (Å²) in [5.74, 6) is -0.0996. The van der Waals surface area contributed by atoms with Crippen molar-refractivity contribution >= 4 is 29.2 Å². The molecule has 1 heterocycles. The molecule has 0 unspecified atom stereocenters. The Morgan fingerprint density at radius 3 is 2.64 bits per heavy atom. The Bertz CT molecular complexity index is 631. The molecule has 1 aromatic rings. The molecule has 1 amide bonds. The van der Waals surface area contributed by atoms with Crippen molar-refractivity contribution in [3.8, 4) is 0 Å². The van der Waals surface area contributed by atoms with Crippen LogP contribution in [0.5, 0.6) is 0 Å². The van der Waals surface area contributed by atoms with Crippen molar-refractivity contribution in [3.63, 3.8) is 0 Å². The molecule has 0 bridgehead atoms. The van der Waals surface area contributed by atoms with Gasteiger partial charge in [0.05, 0.1) is 5.69 Å². The molecule has 0 saturated carbocycles. The molecule has 7 heteroatoms. The molecule has 1 aliphatic rings. The molecule has 0 radical (unpaired) electrons. The number of benzene rings is 1. The predicted octanol–water partition coefficient (Wildman–Crippen LogP) is 0.841. The van der Waals surface area contributed by atoms with Crippen molar-refractivity contribution in [1.82, 2.24) is 0 Å². The van der Waals surface area contributed by atoms with Crippen LogP contribution >= 0.6 is 0 Å². The van der Waals surface area contributed by atoms with E-state index in [1.54, 1.807) is 0 Å². The molecule has 7 nitrogen and oxygen atoms in total. The largest absolute Gasteiger partial charge is 0.370 e. The first kappa shape index (κ1) is 15.8. The Kier molecular flexibility index (Phi) is 4.65. The zero-order valence-electron chi connectivity index (χ0n) is 12.9. The van der Waals surface area contributed by atoms with E-state index in [4.69, 9.17) is 17.2 Å².